The van der Waals surface area contributed by atoms with Crippen LogP contribution in [-0.2, 0) is 0 Å². The zero-order valence-electron chi connectivity index (χ0n) is 9.91. The normalized spacial score (nSPS) is 10.4. The molecule has 2 N–H and O–H groups in total. The number of aromatic amines is 1. The molecule has 8 nitrogen and oxygen atoms in total. The van der Waals surface area contributed by atoms with Crippen molar-refractivity contribution in [3.63, 3.8) is 0 Å². The van der Waals surface area contributed by atoms with Gasteiger partial charge in [-0.05, 0) is 31.2 Å². The van der Waals surface area contributed by atoms with Crippen molar-refractivity contribution in [2.24, 2.45) is 0 Å². The van der Waals surface area contributed by atoms with E-state index in [1.54, 1.807) is 18.3 Å². The van der Waals surface area contributed by atoms with E-state index in [0.717, 1.165) is 0 Å². The topological polar surface area (TPSA) is 106 Å². The van der Waals surface area contributed by atoms with Gasteiger partial charge in [0.2, 0.25) is 5.88 Å². The number of carbonyl (C=O) groups excluding carboxylic acids is 1. The number of H-pyrrole nitrogens is 1. The number of nitrogens with one attached hydrogen (secondary N) is 2. The van der Waals surface area contributed by atoms with E-state index in [0.29, 0.717) is 11.6 Å². The van der Waals surface area contributed by atoms with Crippen LogP contribution in [0.2, 0.25) is 0 Å². The monoisotopic (exact) mass is 248 g/mol. The maximum Gasteiger partial charge on any atom is 0.297 e. The van der Waals surface area contributed by atoms with Gasteiger partial charge in [0.05, 0.1) is 6.10 Å². The maximum atomic E-state index is 11.7. The zero-order valence-corrected chi connectivity index (χ0v) is 9.91. The first-order chi connectivity index (χ1) is 8.66. The standard InChI is InChI=1S/C10H12N6O2/c1-6(2)18-10-7(4-3-5-11-10)12-9(17)8-13-15-16-14-8/h3-6H,1-2H3,(H,12,17)(H,13,14,15,16). The number of anilines is 1. The number of pyridine rings is 1. The van der Waals surface area contributed by atoms with Gasteiger partial charge in [-0.2, -0.15) is 5.21 Å². The van der Waals surface area contributed by atoms with Crippen LogP contribution in [0.3, 0.4) is 0 Å². The largest absolute Gasteiger partial charge is 0.473 e. The lowest BCUT2D eigenvalue weighted by atomic mass is 10.3. The Hall–Kier alpha value is -2.51. The van der Waals surface area contributed by atoms with Gasteiger partial charge in [-0.3, -0.25) is 4.79 Å². The van der Waals surface area contributed by atoms with Crippen LogP contribution in [-0.4, -0.2) is 37.6 Å². The highest BCUT2D eigenvalue weighted by Crippen LogP contribution is 2.21. The number of tetrazole rings is 1. The summed E-state index contributed by atoms with van der Waals surface area (Å²) in [5, 5.41) is 15.3. The van der Waals surface area contributed by atoms with Gasteiger partial charge in [-0.1, -0.05) is 0 Å². The second-order valence-electron chi connectivity index (χ2n) is 3.71. The van der Waals surface area contributed by atoms with Crippen LogP contribution in [0, 0.1) is 0 Å². The molecule has 0 aliphatic rings. The fourth-order valence-corrected chi connectivity index (χ4v) is 1.24. The molecule has 0 aromatic carbocycles. The zero-order chi connectivity index (χ0) is 13.0. The Morgan fingerprint density at radius 3 is 3.00 bits per heavy atom. The number of carbonyl (C=O) groups is 1. The summed E-state index contributed by atoms with van der Waals surface area (Å²) < 4.78 is 5.47. The summed E-state index contributed by atoms with van der Waals surface area (Å²) >= 11 is 0. The van der Waals surface area contributed by atoms with Crippen LogP contribution in [0.5, 0.6) is 5.88 Å². The Labute approximate surface area is 103 Å². The molecule has 18 heavy (non-hydrogen) atoms. The molecule has 0 bridgehead atoms. The maximum absolute atomic E-state index is 11.7. The number of nitrogens with zero attached hydrogens (tertiary/aromatic N) is 4. The fraction of sp³-hybridized carbons (Fsp3) is 0.300. The molecule has 8 heteroatoms. The predicted octanol–water partition coefficient (Wildman–Crippen LogP) is 0.634. The average Bonchev–Trinajstić information content (AvgIpc) is 2.84. The van der Waals surface area contributed by atoms with Crippen molar-refractivity contribution in [2.45, 2.75) is 20.0 Å². The number of hydrogen-bond donors (Lipinski definition) is 2. The summed E-state index contributed by atoms with van der Waals surface area (Å²) in [6, 6.07) is 3.38. The molecular weight excluding hydrogens is 236 g/mol. The van der Waals surface area contributed by atoms with E-state index < -0.39 is 5.91 Å². The van der Waals surface area contributed by atoms with Crippen molar-refractivity contribution < 1.29 is 9.53 Å². The molecule has 0 saturated heterocycles. The Balaban J connectivity index is 2.16. The van der Waals surface area contributed by atoms with E-state index in [4.69, 9.17) is 4.74 Å². The first-order valence-corrected chi connectivity index (χ1v) is 5.33. The van der Waals surface area contributed by atoms with Gasteiger partial charge in [-0.25, -0.2) is 4.98 Å². The van der Waals surface area contributed by atoms with Crippen molar-refractivity contribution in [1.82, 2.24) is 25.6 Å². The van der Waals surface area contributed by atoms with Crippen LogP contribution < -0.4 is 10.1 Å². The van der Waals surface area contributed by atoms with E-state index in [1.807, 2.05) is 13.8 Å². The first kappa shape index (κ1) is 12.0. The molecule has 94 valence electrons. The van der Waals surface area contributed by atoms with Crippen LogP contribution >= 0.6 is 0 Å². The summed E-state index contributed by atoms with van der Waals surface area (Å²) in [4.78, 5) is 15.8. The minimum atomic E-state index is -0.481. The predicted molar refractivity (Wildman–Crippen MR) is 62.1 cm³/mol. The molecule has 2 aromatic rings. The smallest absolute Gasteiger partial charge is 0.297 e. The molecule has 2 rings (SSSR count). The van der Waals surface area contributed by atoms with Crippen LogP contribution in [0.1, 0.15) is 24.5 Å². The molecule has 2 aromatic heterocycles. The summed E-state index contributed by atoms with van der Waals surface area (Å²) in [5.41, 5.74) is 0.459. The molecule has 0 fully saturated rings. The number of ether oxygens (including phenoxy) is 1. The molecule has 0 spiro atoms. The quantitative estimate of drug-likeness (QED) is 0.822. The molecule has 0 atom stereocenters. The van der Waals surface area contributed by atoms with Crippen molar-refractivity contribution in [2.75, 3.05) is 5.32 Å². The number of aromatic nitrogens is 5. The Bertz CT molecular complexity index is 525. The molecule has 0 unspecified atom stereocenters. The highest BCUT2D eigenvalue weighted by molar-refractivity contribution is 6.01. The van der Waals surface area contributed by atoms with Gasteiger partial charge in [0.1, 0.15) is 5.69 Å². The minimum absolute atomic E-state index is 0.0410. The Morgan fingerprint density at radius 1 is 1.50 bits per heavy atom. The number of hydrogen-bond acceptors (Lipinski definition) is 6. The van der Waals surface area contributed by atoms with Gasteiger partial charge in [0, 0.05) is 6.20 Å². The first-order valence-electron chi connectivity index (χ1n) is 5.33. The van der Waals surface area contributed by atoms with Crippen molar-refractivity contribution in [3.05, 3.63) is 24.2 Å². The second-order valence-corrected chi connectivity index (χ2v) is 3.71. The molecule has 0 radical (unpaired) electrons. The van der Waals surface area contributed by atoms with Gasteiger partial charge in [-0.15, -0.1) is 10.2 Å². The lowest BCUT2D eigenvalue weighted by molar-refractivity contribution is 0.101. The lowest BCUT2D eigenvalue weighted by Crippen LogP contribution is -2.16. The van der Waals surface area contributed by atoms with E-state index in [-0.39, 0.29) is 11.9 Å². The van der Waals surface area contributed by atoms with Crippen molar-refractivity contribution in [3.8, 4) is 5.88 Å². The SMILES string of the molecule is CC(C)Oc1ncccc1NC(=O)c1nn[nH]n1. The Kier molecular flexibility index (Phi) is 3.46. The summed E-state index contributed by atoms with van der Waals surface area (Å²) in [7, 11) is 0. The van der Waals surface area contributed by atoms with Gasteiger partial charge in [0.15, 0.2) is 0 Å². The highest BCUT2D eigenvalue weighted by atomic mass is 16.5. The van der Waals surface area contributed by atoms with E-state index in [9.17, 15) is 4.79 Å². The fourth-order valence-electron chi connectivity index (χ4n) is 1.24. The highest BCUT2D eigenvalue weighted by Gasteiger charge is 2.14. The van der Waals surface area contributed by atoms with Crippen LogP contribution in [0.4, 0.5) is 5.69 Å². The second kappa shape index (κ2) is 5.21. The lowest BCUT2D eigenvalue weighted by Gasteiger charge is -2.12. The van der Waals surface area contributed by atoms with Gasteiger partial charge >= 0.3 is 0 Å². The van der Waals surface area contributed by atoms with E-state index in [2.05, 4.69) is 30.9 Å². The summed E-state index contributed by atoms with van der Waals surface area (Å²) in [5.74, 6) is -0.177. The molecule has 1 amide bonds. The average molecular weight is 248 g/mol. The molecule has 2 heterocycles. The van der Waals surface area contributed by atoms with Crippen molar-refractivity contribution >= 4 is 11.6 Å². The van der Waals surface area contributed by atoms with Crippen molar-refractivity contribution in [1.29, 1.82) is 0 Å². The van der Waals surface area contributed by atoms with E-state index in [1.165, 1.54) is 0 Å². The van der Waals surface area contributed by atoms with Crippen LogP contribution in [0.25, 0.3) is 0 Å². The molecule has 0 saturated carbocycles. The van der Waals surface area contributed by atoms with Crippen LogP contribution in [0.15, 0.2) is 18.3 Å². The third-order valence-corrected chi connectivity index (χ3v) is 1.92. The summed E-state index contributed by atoms with van der Waals surface area (Å²) in [6.45, 7) is 3.75. The number of amides is 1. The Morgan fingerprint density at radius 2 is 2.33 bits per heavy atom. The minimum Gasteiger partial charge on any atom is -0.473 e. The third-order valence-electron chi connectivity index (χ3n) is 1.92. The van der Waals surface area contributed by atoms with Gasteiger partial charge in [0.25, 0.3) is 11.7 Å². The van der Waals surface area contributed by atoms with E-state index >= 15 is 0 Å². The molecular formula is C10H12N6O2. The third kappa shape index (κ3) is 2.78. The number of rotatable bonds is 4. The molecule has 0 aliphatic carbocycles. The summed E-state index contributed by atoms with van der Waals surface area (Å²) in [6.07, 6.45) is 1.54. The molecule has 0 aliphatic heterocycles. The van der Waals surface area contributed by atoms with Gasteiger partial charge < -0.3 is 10.1 Å².